The van der Waals surface area contributed by atoms with Crippen molar-refractivity contribution in [1.29, 1.82) is 5.26 Å². The van der Waals surface area contributed by atoms with E-state index in [0.717, 1.165) is 11.3 Å². The van der Waals surface area contributed by atoms with Gasteiger partial charge >= 0.3 is 0 Å². The summed E-state index contributed by atoms with van der Waals surface area (Å²) in [4.78, 5) is 24.5. The van der Waals surface area contributed by atoms with Gasteiger partial charge in [-0.3, -0.25) is 14.9 Å². The molecule has 1 aliphatic heterocycles. The van der Waals surface area contributed by atoms with Crippen LogP contribution in [0.25, 0.3) is 0 Å². The van der Waals surface area contributed by atoms with Gasteiger partial charge in [0.1, 0.15) is 17.8 Å². The molecule has 0 fully saturated rings. The highest BCUT2D eigenvalue weighted by Crippen LogP contribution is 2.36. The summed E-state index contributed by atoms with van der Waals surface area (Å²) in [6.07, 6.45) is -0.650. The minimum absolute atomic E-state index is 0.0434. The number of carbonyl (C=O) groups is 1. The second-order valence-corrected chi connectivity index (χ2v) is 7.07. The van der Waals surface area contributed by atoms with Gasteiger partial charge < -0.3 is 10.2 Å². The number of nitriles is 1. The fourth-order valence-corrected chi connectivity index (χ4v) is 3.39. The highest BCUT2D eigenvalue weighted by Gasteiger charge is 2.34. The number of non-ortho nitro benzene ring substituents is 1. The number of amides is 1. The van der Waals surface area contributed by atoms with Crippen LogP contribution >= 0.6 is 12.6 Å². The van der Waals surface area contributed by atoms with Crippen LogP contribution in [0.2, 0.25) is 0 Å². The summed E-state index contributed by atoms with van der Waals surface area (Å²) < 4.78 is 0. The van der Waals surface area contributed by atoms with Crippen LogP contribution in [0.4, 0.5) is 11.4 Å². The molecule has 142 valence electrons. The molecule has 0 radical (unpaired) electrons. The summed E-state index contributed by atoms with van der Waals surface area (Å²) in [6.45, 7) is 4.18. The van der Waals surface area contributed by atoms with Gasteiger partial charge in [0.2, 0.25) is 0 Å². The zero-order valence-corrected chi connectivity index (χ0v) is 16.2. The van der Waals surface area contributed by atoms with Gasteiger partial charge in [-0.2, -0.15) is 5.26 Å². The summed E-state index contributed by atoms with van der Waals surface area (Å²) in [5.74, 6) is -0.174. The lowest BCUT2D eigenvalue weighted by atomic mass is 10.0. The van der Waals surface area contributed by atoms with Crippen LogP contribution in [-0.4, -0.2) is 10.8 Å². The largest absolute Gasteiger partial charge is 0.327 e. The van der Waals surface area contributed by atoms with E-state index in [-0.39, 0.29) is 16.3 Å². The van der Waals surface area contributed by atoms with Crippen LogP contribution in [0.1, 0.15) is 37.1 Å². The van der Waals surface area contributed by atoms with Crippen LogP contribution in [0.3, 0.4) is 0 Å². The van der Waals surface area contributed by atoms with Gasteiger partial charge in [-0.15, -0.1) is 12.6 Å². The van der Waals surface area contributed by atoms with E-state index in [1.165, 1.54) is 12.1 Å². The quantitative estimate of drug-likeness (QED) is 0.464. The van der Waals surface area contributed by atoms with E-state index in [1.54, 1.807) is 17.0 Å². The number of nitro groups is 1. The lowest BCUT2D eigenvalue weighted by Gasteiger charge is -2.38. The van der Waals surface area contributed by atoms with Gasteiger partial charge in [-0.25, -0.2) is 0 Å². The van der Waals surface area contributed by atoms with E-state index >= 15 is 0 Å². The zero-order valence-electron chi connectivity index (χ0n) is 15.3. The summed E-state index contributed by atoms with van der Waals surface area (Å²) in [7, 11) is 0. The summed E-state index contributed by atoms with van der Waals surface area (Å²) in [5, 5.41) is 23.3. The Morgan fingerprint density at radius 2 is 1.79 bits per heavy atom. The summed E-state index contributed by atoms with van der Waals surface area (Å²) >= 11 is 4.45. The van der Waals surface area contributed by atoms with Crippen LogP contribution in [0.5, 0.6) is 0 Å². The molecule has 2 aromatic rings. The molecule has 0 spiro atoms. The Kier molecular flexibility index (Phi) is 5.38. The maximum absolute atomic E-state index is 12.3. The number of benzene rings is 2. The molecule has 28 heavy (non-hydrogen) atoms. The predicted octanol–water partition coefficient (Wildman–Crippen LogP) is 4.02. The topological polar surface area (TPSA) is 99.3 Å². The molecule has 1 heterocycles. The normalized spacial score (nSPS) is 16.8. The van der Waals surface area contributed by atoms with Crippen molar-refractivity contribution in [2.45, 2.75) is 25.9 Å². The zero-order chi connectivity index (χ0) is 20.4. The molecule has 8 heteroatoms. The molecule has 2 aromatic carbocycles. The molecular weight excluding hydrogens is 376 g/mol. The van der Waals surface area contributed by atoms with Gasteiger partial charge in [-0.05, 0) is 41.3 Å². The third-order valence-corrected chi connectivity index (χ3v) is 5.01. The average molecular weight is 394 g/mol. The van der Waals surface area contributed by atoms with E-state index in [4.69, 9.17) is 0 Å². The van der Waals surface area contributed by atoms with Crippen LogP contribution < -0.4 is 10.2 Å². The number of anilines is 1. The molecule has 0 bridgehead atoms. The first-order chi connectivity index (χ1) is 13.3. The van der Waals surface area contributed by atoms with Crippen LogP contribution in [0, 0.1) is 21.4 Å². The highest BCUT2D eigenvalue weighted by atomic mass is 32.1. The summed E-state index contributed by atoms with van der Waals surface area (Å²) in [5.41, 5.74) is 2.40. The lowest BCUT2D eigenvalue weighted by molar-refractivity contribution is -0.384. The highest BCUT2D eigenvalue weighted by molar-refractivity contribution is 7.84. The smallest absolute Gasteiger partial charge is 0.269 e. The minimum Gasteiger partial charge on any atom is -0.327 e. The number of nitro benzene ring substituents is 1. The number of thiol groups is 1. The lowest BCUT2D eigenvalue weighted by Crippen LogP contribution is -2.46. The van der Waals surface area contributed by atoms with Crippen molar-refractivity contribution in [3.63, 3.8) is 0 Å². The molecule has 1 atom stereocenters. The van der Waals surface area contributed by atoms with Crippen LogP contribution in [-0.2, 0) is 4.79 Å². The molecule has 1 aliphatic rings. The Labute approximate surface area is 167 Å². The monoisotopic (exact) mass is 394 g/mol. The number of nitrogens with one attached hydrogen (secondary N) is 1. The first kappa shape index (κ1) is 19.5. The fraction of sp³-hybridized carbons (Fsp3) is 0.200. The van der Waals surface area contributed by atoms with E-state index < -0.39 is 17.0 Å². The first-order valence-corrected chi connectivity index (χ1v) is 9.06. The Balaban J connectivity index is 2.09. The van der Waals surface area contributed by atoms with Crippen LogP contribution in [0.15, 0.2) is 59.1 Å². The molecular formula is C20H18N4O3S. The number of carbonyl (C=O) groups excluding carboxylic acids is 1. The average Bonchev–Trinajstić information content (AvgIpc) is 2.68. The van der Waals surface area contributed by atoms with Gasteiger partial charge in [0, 0.05) is 17.8 Å². The third kappa shape index (κ3) is 3.57. The number of rotatable bonds is 4. The molecule has 0 saturated heterocycles. The van der Waals surface area contributed by atoms with Crippen molar-refractivity contribution in [3.05, 3.63) is 80.4 Å². The maximum Gasteiger partial charge on any atom is 0.269 e. The second-order valence-electron chi connectivity index (χ2n) is 6.65. The molecule has 1 N–H and O–H groups in total. The van der Waals surface area contributed by atoms with Gasteiger partial charge in [-0.1, -0.05) is 26.0 Å². The van der Waals surface area contributed by atoms with Crippen molar-refractivity contribution in [1.82, 2.24) is 5.32 Å². The third-order valence-electron chi connectivity index (χ3n) is 4.57. The maximum atomic E-state index is 12.3. The Hall–Kier alpha value is -3.31. The number of hydrogen-bond donors (Lipinski definition) is 2. The van der Waals surface area contributed by atoms with E-state index in [1.807, 2.05) is 30.3 Å². The fourth-order valence-electron chi connectivity index (χ4n) is 3.01. The van der Waals surface area contributed by atoms with E-state index in [2.05, 4.69) is 31.8 Å². The molecule has 3 rings (SSSR count). The van der Waals surface area contributed by atoms with Crippen molar-refractivity contribution in [2.24, 2.45) is 0 Å². The van der Waals surface area contributed by atoms with Gasteiger partial charge in [0.05, 0.1) is 9.95 Å². The van der Waals surface area contributed by atoms with Gasteiger partial charge in [0.25, 0.3) is 11.6 Å². The summed E-state index contributed by atoms with van der Waals surface area (Å²) in [6, 6.07) is 15.6. The SMILES string of the molecule is CC(C)c1ccc(N2C(S)=C(C#N)C(=O)N[C@H]2c2ccc([N+](=O)[O-])cc2)cc1. The van der Waals surface area contributed by atoms with E-state index in [9.17, 15) is 20.2 Å². The molecule has 1 amide bonds. The van der Waals surface area contributed by atoms with Crippen molar-refractivity contribution >= 4 is 29.9 Å². The minimum atomic E-state index is -0.650. The van der Waals surface area contributed by atoms with Crippen molar-refractivity contribution < 1.29 is 9.72 Å². The molecule has 0 saturated carbocycles. The van der Waals surface area contributed by atoms with E-state index in [0.29, 0.717) is 11.5 Å². The predicted molar refractivity (Wildman–Crippen MR) is 109 cm³/mol. The van der Waals surface area contributed by atoms with Crippen molar-refractivity contribution in [3.8, 4) is 6.07 Å². The van der Waals surface area contributed by atoms with Crippen molar-refractivity contribution in [2.75, 3.05) is 4.90 Å². The standard InChI is InChI=1S/C20H18N4O3S/c1-12(2)13-3-7-15(8-4-13)23-18(22-19(25)17(11-21)20(23)28)14-5-9-16(10-6-14)24(26)27/h3-10,12,18,28H,1-2H3,(H,22,25)/t18-/m1/s1. The molecule has 0 unspecified atom stereocenters. The first-order valence-electron chi connectivity index (χ1n) is 8.61. The number of nitrogens with zero attached hydrogens (tertiary/aromatic N) is 3. The Morgan fingerprint density at radius 3 is 2.29 bits per heavy atom. The van der Waals surface area contributed by atoms with Gasteiger partial charge in [0.15, 0.2) is 0 Å². The second kappa shape index (κ2) is 7.74. The Bertz CT molecular complexity index is 992. The Morgan fingerprint density at radius 1 is 1.18 bits per heavy atom. The molecule has 0 aliphatic carbocycles. The molecule has 0 aromatic heterocycles. The number of hydrogen-bond acceptors (Lipinski definition) is 6. The molecule has 7 nitrogen and oxygen atoms in total.